The summed E-state index contributed by atoms with van der Waals surface area (Å²) in [5.41, 5.74) is 0. The molecular weight excluding hydrogens is 293 g/mol. The first-order chi connectivity index (χ1) is 10.4. The van der Waals surface area contributed by atoms with Crippen molar-refractivity contribution in [2.24, 2.45) is 16.8 Å². The lowest BCUT2D eigenvalue weighted by molar-refractivity contribution is -0.143. The Bertz CT molecular complexity index is 340. The van der Waals surface area contributed by atoms with Crippen molar-refractivity contribution in [1.82, 2.24) is 15.5 Å². The van der Waals surface area contributed by atoms with Crippen LogP contribution in [0.1, 0.15) is 33.1 Å². The topological polar surface area (TPSA) is 39.7 Å². The van der Waals surface area contributed by atoms with Crippen molar-refractivity contribution in [3.63, 3.8) is 0 Å². The summed E-state index contributed by atoms with van der Waals surface area (Å²) in [5.74, 6) is 1.60. The van der Waals surface area contributed by atoms with E-state index < -0.39 is 12.7 Å². The Morgan fingerprint density at radius 2 is 1.95 bits per heavy atom. The first-order valence-electron chi connectivity index (χ1n) is 8.11. The van der Waals surface area contributed by atoms with Crippen molar-refractivity contribution >= 4 is 5.96 Å². The fourth-order valence-electron chi connectivity index (χ4n) is 2.76. The number of halogens is 3. The molecule has 1 aliphatic rings. The third kappa shape index (κ3) is 7.33. The zero-order valence-electron chi connectivity index (χ0n) is 13.8. The molecule has 1 saturated heterocycles. The quantitative estimate of drug-likeness (QED) is 0.559. The third-order valence-corrected chi connectivity index (χ3v) is 4.27. The van der Waals surface area contributed by atoms with Crippen LogP contribution in [0.5, 0.6) is 0 Å². The lowest BCUT2D eigenvalue weighted by atomic mass is 10.0. The van der Waals surface area contributed by atoms with Crippen LogP contribution in [0, 0.1) is 11.8 Å². The van der Waals surface area contributed by atoms with E-state index in [1.807, 2.05) is 0 Å². The van der Waals surface area contributed by atoms with E-state index >= 15 is 0 Å². The Balaban J connectivity index is 2.27. The molecule has 0 radical (unpaired) electrons. The largest absolute Gasteiger partial charge is 0.401 e. The average molecular weight is 322 g/mol. The van der Waals surface area contributed by atoms with Gasteiger partial charge in [0, 0.05) is 26.7 Å². The molecule has 1 aliphatic heterocycles. The molecule has 0 saturated carbocycles. The molecule has 0 amide bonds. The number of hydrogen-bond donors (Lipinski definition) is 2. The van der Waals surface area contributed by atoms with Gasteiger partial charge in [-0.2, -0.15) is 13.2 Å². The van der Waals surface area contributed by atoms with E-state index in [-0.39, 0.29) is 5.92 Å². The maximum atomic E-state index is 12.4. The molecule has 0 aromatic rings. The van der Waals surface area contributed by atoms with Crippen molar-refractivity contribution in [1.29, 1.82) is 0 Å². The van der Waals surface area contributed by atoms with Crippen LogP contribution in [0.15, 0.2) is 4.99 Å². The van der Waals surface area contributed by atoms with Crippen LogP contribution in [0.4, 0.5) is 13.2 Å². The van der Waals surface area contributed by atoms with Gasteiger partial charge in [-0.1, -0.05) is 26.7 Å². The van der Waals surface area contributed by atoms with E-state index in [0.29, 0.717) is 25.6 Å². The van der Waals surface area contributed by atoms with Gasteiger partial charge in [0.05, 0.1) is 6.54 Å². The van der Waals surface area contributed by atoms with Gasteiger partial charge in [-0.25, -0.2) is 0 Å². The van der Waals surface area contributed by atoms with Gasteiger partial charge in [-0.05, 0) is 24.8 Å². The molecule has 1 fully saturated rings. The minimum absolute atomic E-state index is 0.244. The van der Waals surface area contributed by atoms with Crippen LogP contribution >= 0.6 is 0 Å². The SMILES string of the molecule is CCC(CC)CNC(=NC)NCC1CCN(CC(F)(F)F)C1. The minimum Gasteiger partial charge on any atom is -0.356 e. The van der Waals surface area contributed by atoms with Gasteiger partial charge in [0.15, 0.2) is 5.96 Å². The number of hydrogen-bond acceptors (Lipinski definition) is 2. The van der Waals surface area contributed by atoms with Crippen LogP contribution in [-0.4, -0.2) is 56.8 Å². The Morgan fingerprint density at radius 1 is 1.27 bits per heavy atom. The molecule has 7 heteroatoms. The van der Waals surface area contributed by atoms with Crippen molar-refractivity contribution in [2.75, 3.05) is 39.8 Å². The second kappa shape index (κ2) is 9.22. The number of nitrogens with one attached hydrogen (secondary N) is 2. The number of guanidine groups is 1. The van der Waals surface area contributed by atoms with Crippen LogP contribution in [-0.2, 0) is 0 Å². The normalized spacial score (nSPS) is 20.7. The molecule has 0 spiro atoms. The minimum atomic E-state index is -4.10. The fourth-order valence-corrected chi connectivity index (χ4v) is 2.76. The van der Waals surface area contributed by atoms with Crippen molar-refractivity contribution in [3.05, 3.63) is 0 Å². The molecule has 130 valence electrons. The van der Waals surface area contributed by atoms with E-state index in [9.17, 15) is 13.2 Å². The molecule has 4 nitrogen and oxygen atoms in total. The van der Waals surface area contributed by atoms with E-state index in [1.165, 1.54) is 4.90 Å². The molecule has 0 aromatic heterocycles. The highest BCUT2D eigenvalue weighted by Gasteiger charge is 2.34. The molecular formula is C15H29F3N4. The first-order valence-corrected chi connectivity index (χ1v) is 8.11. The summed E-state index contributed by atoms with van der Waals surface area (Å²) in [6.07, 6.45) is -1.06. The Morgan fingerprint density at radius 3 is 2.50 bits per heavy atom. The molecule has 22 heavy (non-hydrogen) atoms. The molecule has 0 aliphatic carbocycles. The molecule has 1 unspecified atom stereocenters. The molecule has 2 N–H and O–H groups in total. The summed E-state index contributed by atoms with van der Waals surface area (Å²) in [6, 6.07) is 0. The van der Waals surface area contributed by atoms with Crippen LogP contribution < -0.4 is 10.6 Å². The number of aliphatic imine (C=N–C) groups is 1. The van der Waals surface area contributed by atoms with Crippen molar-refractivity contribution in [3.8, 4) is 0 Å². The van der Waals surface area contributed by atoms with Crippen molar-refractivity contribution in [2.45, 2.75) is 39.3 Å². The summed E-state index contributed by atoms with van der Waals surface area (Å²) in [4.78, 5) is 5.65. The lowest BCUT2D eigenvalue weighted by Gasteiger charge is -2.19. The summed E-state index contributed by atoms with van der Waals surface area (Å²) in [5, 5.41) is 6.52. The number of alkyl halides is 3. The average Bonchev–Trinajstić information content (AvgIpc) is 2.88. The van der Waals surface area contributed by atoms with Gasteiger partial charge in [-0.15, -0.1) is 0 Å². The number of likely N-dealkylation sites (tertiary alicyclic amines) is 1. The van der Waals surface area contributed by atoms with Gasteiger partial charge in [0.25, 0.3) is 0 Å². The van der Waals surface area contributed by atoms with Gasteiger partial charge < -0.3 is 10.6 Å². The molecule has 1 heterocycles. The third-order valence-electron chi connectivity index (χ3n) is 4.27. The van der Waals surface area contributed by atoms with Gasteiger partial charge >= 0.3 is 6.18 Å². The maximum absolute atomic E-state index is 12.4. The Labute approximate surface area is 131 Å². The summed E-state index contributed by atoms with van der Waals surface area (Å²) >= 11 is 0. The summed E-state index contributed by atoms with van der Waals surface area (Å²) < 4.78 is 37.1. The maximum Gasteiger partial charge on any atom is 0.401 e. The highest BCUT2D eigenvalue weighted by atomic mass is 19.4. The fraction of sp³-hybridized carbons (Fsp3) is 0.933. The van der Waals surface area contributed by atoms with E-state index in [0.717, 1.165) is 31.8 Å². The highest BCUT2D eigenvalue weighted by molar-refractivity contribution is 5.79. The zero-order chi connectivity index (χ0) is 16.6. The van der Waals surface area contributed by atoms with E-state index in [1.54, 1.807) is 7.05 Å². The van der Waals surface area contributed by atoms with Crippen LogP contribution in [0.25, 0.3) is 0 Å². The second-order valence-corrected chi connectivity index (χ2v) is 6.02. The molecule has 1 rings (SSSR count). The summed E-state index contributed by atoms with van der Waals surface area (Å²) in [7, 11) is 1.72. The van der Waals surface area contributed by atoms with Crippen molar-refractivity contribution < 1.29 is 13.2 Å². The predicted molar refractivity (Wildman–Crippen MR) is 84.0 cm³/mol. The highest BCUT2D eigenvalue weighted by Crippen LogP contribution is 2.22. The Kier molecular flexibility index (Phi) is 8.00. The second-order valence-electron chi connectivity index (χ2n) is 6.02. The standard InChI is InChI=1S/C15H29F3N4/c1-4-12(5-2)8-20-14(19-3)21-9-13-6-7-22(10-13)11-15(16,17)18/h12-13H,4-11H2,1-3H3,(H2,19,20,21). The van der Waals surface area contributed by atoms with Gasteiger partial charge in [0.2, 0.25) is 0 Å². The molecule has 0 aromatic carbocycles. The number of rotatable bonds is 7. The first kappa shape index (κ1) is 19.1. The van der Waals surface area contributed by atoms with Gasteiger partial charge in [0.1, 0.15) is 0 Å². The number of nitrogens with zero attached hydrogens (tertiary/aromatic N) is 2. The smallest absolute Gasteiger partial charge is 0.356 e. The molecule has 1 atom stereocenters. The Hall–Kier alpha value is -0.980. The molecule has 0 bridgehead atoms. The zero-order valence-corrected chi connectivity index (χ0v) is 13.8. The summed E-state index contributed by atoms with van der Waals surface area (Å²) in [6.45, 7) is 6.08. The van der Waals surface area contributed by atoms with E-state index in [2.05, 4.69) is 29.5 Å². The van der Waals surface area contributed by atoms with Gasteiger partial charge in [-0.3, -0.25) is 9.89 Å². The monoisotopic (exact) mass is 322 g/mol. The van der Waals surface area contributed by atoms with E-state index in [4.69, 9.17) is 0 Å². The predicted octanol–water partition coefficient (Wildman–Crippen LogP) is 2.47. The van der Waals surface area contributed by atoms with Crippen LogP contribution in [0.2, 0.25) is 0 Å². The lowest BCUT2D eigenvalue weighted by Crippen LogP contribution is -2.42. The van der Waals surface area contributed by atoms with Crippen LogP contribution in [0.3, 0.4) is 0 Å².